The molecule has 0 unspecified atom stereocenters. The zero-order valence-corrected chi connectivity index (χ0v) is 16.1. The van der Waals surface area contributed by atoms with Crippen LogP contribution in [-0.4, -0.2) is 11.9 Å². The van der Waals surface area contributed by atoms with Gasteiger partial charge < -0.3 is 21.2 Å². The third kappa shape index (κ3) is 6.95. The molecular formula is C8H5KNa2O4. The van der Waals surface area contributed by atoms with E-state index in [1.54, 1.807) is 0 Å². The predicted molar refractivity (Wildman–Crippen MR) is 36.2 cm³/mol. The Hall–Kier alpha value is 1.80. The van der Waals surface area contributed by atoms with Crippen LogP contribution in [0.3, 0.4) is 0 Å². The van der Waals surface area contributed by atoms with E-state index >= 15 is 0 Å². The summed E-state index contributed by atoms with van der Waals surface area (Å²) in [7, 11) is 0. The van der Waals surface area contributed by atoms with Crippen molar-refractivity contribution in [3.8, 4) is 0 Å². The SMILES string of the molecule is O=C([O-])c1ccccc1C(=O)[O-].[H-].[K+].[Na+].[Na+]. The van der Waals surface area contributed by atoms with Gasteiger partial charge in [0.05, 0.1) is 11.9 Å². The molecule has 0 radical (unpaired) electrons. The molecule has 1 aromatic rings. The van der Waals surface area contributed by atoms with E-state index < -0.39 is 11.9 Å². The summed E-state index contributed by atoms with van der Waals surface area (Å²) in [5, 5.41) is 20.6. The molecule has 7 heteroatoms. The van der Waals surface area contributed by atoms with Gasteiger partial charge in [0.25, 0.3) is 0 Å². The normalized spacial score (nSPS) is 7.47. The molecule has 0 heterocycles. The van der Waals surface area contributed by atoms with Crippen molar-refractivity contribution in [1.82, 2.24) is 0 Å². The van der Waals surface area contributed by atoms with Gasteiger partial charge in [-0.25, -0.2) is 0 Å². The molecule has 0 fully saturated rings. The third-order valence-electron chi connectivity index (χ3n) is 1.37. The van der Waals surface area contributed by atoms with Gasteiger partial charge >= 0.3 is 110 Å². The van der Waals surface area contributed by atoms with Gasteiger partial charge in [-0.2, -0.15) is 0 Å². The van der Waals surface area contributed by atoms with Crippen LogP contribution in [0.4, 0.5) is 0 Å². The zero-order valence-electron chi connectivity index (χ0n) is 9.94. The van der Waals surface area contributed by atoms with Crippen LogP contribution >= 0.6 is 0 Å². The molecule has 0 saturated carbocycles. The van der Waals surface area contributed by atoms with Crippen molar-refractivity contribution in [3.63, 3.8) is 0 Å². The van der Waals surface area contributed by atoms with Gasteiger partial charge in [0, 0.05) is 11.1 Å². The Morgan fingerprint density at radius 3 is 1.40 bits per heavy atom. The standard InChI is InChI=1S/C8H6O4.K.2Na.H/c9-7(10)5-3-1-2-4-6(5)8(11)12;;;;/h1-4H,(H,9,10)(H,11,12);;;;/q;3*+1;-1/p-2. The molecule has 1 rings (SSSR count). The first kappa shape index (κ1) is 22.0. The van der Waals surface area contributed by atoms with Crippen LogP contribution in [-0.2, 0) is 0 Å². The molecular weight excluding hydrogens is 245 g/mol. The van der Waals surface area contributed by atoms with Crippen LogP contribution in [0.2, 0.25) is 0 Å². The first-order valence-electron chi connectivity index (χ1n) is 3.14. The maximum atomic E-state index is 10.3. The number of hydrogen-bond donors (Lipinski definition) is 0. The summed E-state index contributed by atoms with van der Waals surface area (Å²) in [6.45, 7) is 0. The number of hydrogen-bond acceptors (Lipinski definition) is 4. The summed E-state index contributed by atoms with van der Waals surface area (Å²) < 4.78 is 0. The molecule has 0 atom stereocenters. The van der Waals surface area contributed by atoms with Crippen molar-refractivity contribution in [3.05, 3.63) is 35.4 Å². The minimum absolute atomic E-state index is 0. The Labute approximate surface area is 175 Å². The molecule has 0 bridgehead atoms. The van der Waals surface area contributed by atoms with Crippen molar-refractivity contribution >= 4 is 11.9 Å². The number of carbonyl (C=O) groups excluding carboxylic acids is 2. The minimum atomic E-state index is -1.52. The van der Waals surface area contributed by atoms with Crippen LogP contribution in [0.5, 0.6) is 0 Å². The van der Waals surface area contributed by atoms with E-state index in [4.69, 9.17) is 0 Å². The van der Waals surface area contributed by atoms with Gasteiger partial charge in [-0.3, -0.25) is 0 Å². The second-order valence-corrected chi connectivity index (χ2v) is 2.12. The molecule has 15 heavy (non-hydrogen) atoms. The smallest absolute Gasteiger partial charge is 1.00 e. The maximum Gasteiger partial charge on any atom is 1.00 e. The Bertz CT molecular complexity index is 316. The second-order valence-electron chi connectivity index (χ2n) is 2.12. The summed E-state index contributed by atoms with van der Waals surface area (Å²) in [6, 6.07) is 5.14. The fourth-order valence-corrected chi connectivity index (χ4v) is 0.839. The third-order valence-corrected chi connectivity index (χ3v) is 1.37. The minimum Gasteiger partial charge on any atom is -1.00 e. The molecule has 64 valence electrons. The van der Waals surface area contributed by atoms with Crippen molar-refractivity contribution in [2.75, 3.05) is 0 Å². The van der Waals surface area contributed by atoms with E-state index in [2.05, 4.69) is 0 Å². The van der Waals surface area contributed by atoms with E-state index in [1.807, 2.05) is 0 Å². The first-order chi connectivity index (χ1) is 5.63. The quantitative estimate of drug-likeness (QED) is 0.488. The van der Waals surface area contributed by atoms with Crippen LogP contribution in [0.25, 0.3) is 0 Å². The largest absolute Gasteiger partial charge is 1.00 e. The van der Waals surface area contributed by atoms with Gasteiger partial charge in [-0.1, -0.05) is 24.3 Å². The number of aromatic carboxylic acids is 2. The Morgan fingerprint density at radius 2 is 1.20 bits per heavy atom. The summed E-state index contributed by atoms with van der Waals surface area (Å²) in [6.07, 6.45) is 0. The average molecular weight is 250 g/mol. The Morgan fingerprint density at radius 1 is 0.933 bits per heavy atom. The molecule has 0 amide bonds. The van der Waals surface area contributed by atoms with Gasteiger partial charge in [0.2, 0.25) is 0 Å². The molecule has 0 aliphatic carbocycles. The molecule has 0 N–H and O–H groups in total. The molecule has 0 aromatic heterocycles. The average Bonchev–Trinajstić information content (AvgIpc) is 2.04. The van der Waals surface area contributed by atoms with E-state index in [9.17, 15) is 19.8 Å². The zero-order chi connectivity index (χ0) is 9.14. The van der Waals surface area contributed by atoms with Crippen molar-refractivity contribution in [2.24, 2.45) is 0 Å². The van der Waals surface area contributed by atoms with Gasteiger partial charge in [-0.05, 0) is 0 Å². The van der Waals surface area contributed by atoms with Crippen molar-refractivity contribution in [2.45, 2.75) is 0 Å². The maximum absolute atomic E-state index is 10.3. The number of carboxylic acids is 2. The summed E-state index contributed by atoms with van der Waals surface area (Å²) >= 11 is 0. The Kier molecular flexibility index (Phi) is 16.0. The van der Waals surface area contributed by atoms with Crippen LogP contribution in [0, 0.1) is 0 Å². The number of rotatable bonds is 2. The molecule has 0 aliphatic heterocycles. The summed E-state index contributed by atoms with van der Waals surface area (Å²) in [4.78, 5) is 20.6. The molecule has 0 saturated heterocycles. The predicted octanol–water partition coefficient (Wildman–Crippen LogP) is -10.5. The molecule has 0 spiro atoms. The van der Waals surface area contributed by atoms with Gasteiger partial charge in [0.1, 0.15) is 0 Å². The molecule has 0 aliphatic rings. The van der Waals surface area contributed by atoms with Gasteiger partial charge in [0.15, 0.2) is 0 Å². The first-order valence-corrected chi connectivity index (χ1v) is 3.14. The fourth-order valence-electron chi connectivity index (χ4n) is 0.839. The van der Waals surface area contributed by atoms with E-state index in [-0.39, 0.29) is 123 Å². The van der Waals surface area contributed by atoms with Crippen LogP contribution in [0.15, 0.2) is 24.3 Å². The van der Waals surface area contributed by atoms with Crippen LogP contribution in [0.1, 0.15) is 22.1 Å². The summed E-state index contributed by atoms with van der Waals surface area (Å²) in [5.74, 6) is -3.04. The monoisotopic (exact) mass is 250 g/mol. The fraction of sp³-hybridized carbons (Fsp3) is 0. The topological polar surface area (TPSA) is 80.3 Å². The number of carbonyl (C=O) groups is 2. The van der Waals surface area contributed by atoms with E-state index in [1.165, 1.54) is 12.1 Å². The number of carboxylic acid groups (broad SMARTS) is 2. The Balaban J connectivity index is -0.000000180. The molecule has 4 nitrogen and oxygen atoms in total. The van der Waals surface area contributed by atoms with Crippen molar-refractivity contribution < 1.29 is 132 Å². The summed E-state index contributed by atoms with van der Waals surface area (Å²) in [5.41, 5.74) is -0.727. The number of benzene rings is 1. The van der Waals surface area contributed by atoms with Crippen LogP contribution < -0.4 is 121 Å². The molecule has 1 aromatic carbocycles. The van der Waals surface area contributed by atoms with Gasteiger partial charge in [-0.15, -0.1) is 0 Å². The van der Waals surface area contributed by atoms with E-state index in [0.29, 0.717) is 0 Å². The second kappa shape index (κ2) is 10.9. The van der Waals surface area contributed by atoms with Crippen molar-refractivity contribution in [1.29, 1.82) is 0 Å². The van der Waals surface area contributed by atoms with E-state index in [0.717, 1.165) is 12.1 Å².